The number of halogens is 4. The van der Waals surface area contributed by atoms with Crippen molar-refractivity contribution in [1.82, 2.24) is 9.66 Å². The summed E-state index contributed by atoms with van der Waals surface area (Å²) in [6.07, 6.45) is 1.48. The van der Waals surface area contributed by atoms with E-state index in [2.05, 4.69) is 42.3 Å². The number of furan rings is 1. The summed E-state index contributed by atoms with van der Waals surface area (Å²) in [5, 5.41) is 9.26. The highest BCUT2D eigenvalue weighted by Crippen LogP contribution is 2.34. The normalized spacial score (nSPS) is 11.4. The molecule has 0 saturated heterocycles. The van der Waals surface area contributed by atoms with E-state index in [0.29, 0.717) is 43.0 Å². The first-order valence-electron chi connectivity index (χ1n) is 12.7. The number of rotatable bonds is 7. The predicted octanol–water partition coefficient (Wildman–Crippen LogP) is 8.54. The minimum absolute atomic E-state index is 0.238. The molecule has 1 N–H and O–H groups in total. The summed E-state index contributed by atoms with van der Waals surface area (Å²) in [7, 11) is 0. The van der Waals surface area contributed by atoms with Crippen molar-refractivity contribution in [2.24, 2.45) is 5.10 Å². The van der Waals surface area contributed by atoms with Gasteiger partial charge in [-0.15, -0.1) is 0 Å². The van der Waals surface area contributed by atoms with Crippen LogP contribution in [0.25, 0.3) is 33.5 Å². The maximum absolute atomic E-state index is 13.6. The molecule has 0 atom stereocenters. The van der Waals surface area contributed by atoms with Gasteiger partial charge in [-0.05, 0) is 94.3 Å². The number of ether oxygens (including phenoxy) is 1. The highest BCUT2D eigenvalue weighted by Gasteiger charge is 2.17. The molecule has 214 valence electrons. The van der Waals surface area contributed by atoms with E-state index in [9.17, 15) is 9.59 Å². The van der Waals surface area contributed by atoms with Crippen molar-refractivity contribution in [3.8, 4) is 17.3 Å². The molecule has 2 aromatic heterocycles. The van der Waals surface area contributed by atoms with Crippen molar-refractivity contribution in [2.75, 3.05) is 11.9 Å². The lowest BCUT2D eigenvalue weighted by Gasteiger charge is -2.11. The van der Waals surface area contributed by atoms with Gasteiger partial charge in [0.1, 0.15) is 5.58 Å². The third kappa shape index (κ3) is 6.37. The average Bonchev–Trinajstić information content (AvgIpc) is 3.40. The van der Waals surface area contributed by atoms with Gasteiger partial charge in [-0.1, -0.05) is 51.3 Å². The molecule has 6 rings (SSSR count). The minimum Gasteiger partial charge on any atom is -0.481 e. The fourth-order valence-corrected chi connectivity index (χ4v) is 5.79. The summed E-state index contributed by atoms with van der Waals surface area (Å²) in [6, 6.07) is 24.5. The Morgan fingerprint density at radius 2 is 1.81 bits per heavy atom. The molecular formula is C31H18Br2Cl2N4O4. The van der Waals surface area contributed by atoms with E-state index < -0.39 is 0 Å². The molecule has 0 bridgehead atoms. The summed E-state index contributed by atoms with van der Waals surface area (Å²) >= 11 is 19.3. The van der Waals surface area contributed by atoms with Gasteiger partial charge >= 0.3 is 0 Å². The van der Waals surface area contributed by atoms with Crippen LogP contribution >= 0.6 is 55.1 Å². The Kier molecular flexibility index (Phi) is 8.36. The SMILES string of the molecule is O=C(COc1c(Cl)cc(C=Nn2c(-c3cc4cc(Br)ccc4o3)nc3ccccc3c2=O)cc1Br)Nc1ccc(Cl)cc1. The molecule has 0 fully saturated rings. The van der Waals surface area contributed by atoms with E-state index in [4.69, 9.17) is 37.3 Å². The van der Waals surface area contributed by atoms with E-state index in [-0.39, 0.29) is 34.7 Å². The first-order valence-corrected chi connectivity index (χ1v) is 15.0. The molecule has 6 aromatic rings. The van der Waals surface area contributed by atoms with Crippen LogP contribution in [0.3, 0.4) is 0 Å². The van der Waals surface area contributed by atoms with Gasteiger partial charge in [-0.2, -0.15) is 9.78 Å². The standard InChI is InChI=1S/C31H18Br2Cl2N4O4/c32-19-5-10-26-18(13-19)14-27(43-26)30-38-25-4-2-1-3-22(25)31(41)39(30)36-15-17-11-23(33)29(24(35)12-17)42-16-28(40)37-21-8-6-20(34)7-9-21/h1-15H,16H2,(H,37,40). The Labute approximate surface area is 271 Å². The van der Waals surface area contributed by atoms with Gasteiger partial charge in [0.05, 0.1) is 26.6 Å². The van der Waals surface area contributed by atoms with Crippen molar-refractivity contribution < 1.29 is 13.9 Å². The Balaban J connectivity index is 1.29. The molecule has 0 aliphatic carbocycles. The second-order valence-corrected chi connectivity index (χ2v) is 11.9. The lowest BCUT2D eigenvalue weighted by molar-refractivity contribution is -0.118. The number of anilines is 1. The first kappa shape index (κ1) is 29.1. The number of carbonyl (C=O) groups is 1. The molecule has 1 amide bonds. The Hall–Kier alpha value is -3.96. The first-order chi connectivity index (χ1) is 20.7. The number of benzene rings is 4. The molecular weight excluding hydrogens is 723 g/mol. The molecule has 0 saturated carbocycles. The van der Waals surface area contributed by atoms with E-state index in [1.807, 2.05) is 30.3 Å². The van der Waals surface area contributed by atoms with Crippen LogP contribution in [0, 0.1) is 0 Å². The molecule has 0 aliphatic rings. The van der Waals surface area contributed by atoms with E-state index in [1.165, 1.54) is 10.9 Å². The Morgan fingerprint density at radius 1 is 1.02 bits per heavy atom. The third-order valence-corrected chi connectivity index (χ3v) is 7.89. The number of nitrogens with zero attached hydrogens (tertiary/aromatic N) is 3. The van der Waals surface area contributed by atoms with E-state index in [1.54, 1.807) is 54.6 Å². The van der Waals surface area contributed by atoms with Crippen LogP contribution in [0.5, 0.6) is 5.75 Å². The number of carbonyl (C=O) groups excluding carboxylic acids is 1. The molecule has 0 spiro atoms. The second-order valence-electron chi connectivity index (χ2n) is 9.26. The van der Waals surface area contributed by atoms with Crippen molar-refractivity contribution in [3.05, 3.63) is 120 Å². The minimum atomic E-state index is -0.371. The molecule has 8 nitrogen and oxygen atoms in total. The Morgan fingerprint density at radius 3 is 2.60 bits per heavy atom. The lowest BCUT2D eigenvalue weighted by atomic mass is 10.2. The quantitative estimate of drug-likeness (QED) is 0.166. The van der Waals surface area contributed by atoms with Crippen LogP contribution in [0.4, 0.5) is 5.69 Å². The van der Waals surface area contributed by atoms with Crippen molar-refractivity contribution in [1.29, 1.82) is 0 Å². The number of para-hydroxylation sites is 1. The fraction of sp³-hybridized carbons (Fsp3) is 0.0323. The van der Waals surface area contributed by atoms with Crippen molar-refractivity contribution >= 4 is 94.7 Å². The van der Waals surface area contributed by atoms with Gasteiger partial charge in [0.15, 0.2) is 18.1 Å². The number of aromatic nitrogens is 2. The largest absolute Gasteiger partial charge is 0.481 e. The molecule has 2 heterocycles. The topological polar surface area (TPSA) is 98.7 Å². The average molecular weight is 741 g/mol. The van der Waals surface area contributed by atoms with Gasteiger partial charge in [-0.25, -0.2) is 4.98 Å². The van der Waals surface area contributed by atoms with Crippen LogP contribution in [0.2, 0.25) is 10.0 Å². The smallest absolute Gasteiger partial charge is 0.282 e. The van der Waals surface area contributed by atoms with Crippen molar-refractivity contribution in [3.63, 3.8) is 0 Å². The summed E-state index contributed by atoms with van der Waals surface area (Å²) in [5.41, 5.74) is 1.94. The van der Waals surface area contributed by atoms with Crippen LogP contribution in [-0.2, 0) is 4.79 Å². The van der Waals surface area contributed by atoms with Gasteiger partial charge in [0.2, 0.25) is 5.82 Å². The highest BCUT2D eigenvalue weighted by molar-refractivity contribution is 9.10. The van der Waals surface area contributed by atoms with E-state index >= 15 is 0 Å². The van der Waals surface area contributed by atoms with Crippen LogP contribution < -0.4 is 15.6 Å². The number of nitrogens with one attached hydrogen (secondary N) is 1. The summed E-state index contributed by atoms with van der Waals surface area (Å²) in [6.45, 7) is -0.274. The van der Waals surface area contributed by atoms with Crippen LogP contribution in [-0.4, -0.2) is 28.4 Å². The summed E-state index contributed by atoms with van der Waals surface area (Å²) in [5.74, 6) is 0.533. The highest BCUT2D eigenvalue weighted by atomic mass is 79.9. The van der Waals surface area contributed by atoms with Gasteiger partial charge in [0.25, 0.3) is 11.5 Å². The third-order valence-electron chi connectivity index (χ3n) is 6.27. The fourth-order valence-electron chi connectivity index (χ4n) is 4.30. The zero-order valence-corrected chi connectivity index (χ0v) is 26.5. The molecule has 12 heteroatoms. The molecule has 4 aromatic carbocycles. The van der Waals surface area contributed by atoms with Crippen LogP contribution in [0.15, 0.2) is 108 Å². The number of hydrogen-bond donors (Lipinski definition) is 1. The lowest BCUT2D eigenvalue weighted by Crippen LogP contribution is -2.20. The zero-order chi connectivity index (χ0) is 30.1. The second kappa shape index (κ2) is 12.3. The summed E-state index contributed by atoms with van der Waals surface area (Å²) < 4.78 is 14.3. The molecule has 0 radical (unpaired) electrons. The number of fused-ring (bicyclic) bond motifs is 2. The summed E-state index contributed by atoms with van der Waals surface area (Å²) in [4.78, 5) is 30.6. The van der Waals surface area contributed by atoms with E-state index in [0.717, 1.165) is 9.86 Å². The predicted molar refractivity (Wildman–Crippen MR) is 177 cm³/mol. The monoisotopic (exact) mass is 738 g/mol. The maximum atomic E-state index is 13.6. The molecule has 43 heavy (non-hydrogen) atoms. The van der Waals surface area contributed by atoms with Crippen molar-refractivity contribution in [2.45, 2.75) is 0 Å². The molecule has 0 aliphatic heterocycles. The number of hydrogen-bond acceptors (Lipinski definition) is 6. The van der Waals surface area contributed by atoms with Crippen LogP contribution in [0.1, 0.15) is 5.56 Å². The number of amides is 1. The Bertz CT molecular complexity index is 2090. The maximum Gasteiger partial charge on any atom is 0.282 e. The van der Waals surface area contributed by atoms with Gasteiger partial charge in [-0.3, -0.25) is 9.59 Å². The molecule has 0 unspecified atom stereocenters. The zero-order valence-electron chi connectivity index (χ0n) is 21.9. The van der Waals surface area contributed by atoms with Gasteiger partial charge < -0.3 is 14.5 Å². The van der Waals surface area contributed by atoms with Gasteiger partial charge in [0, 0.05) is 20.6 Å².